The zero-order valence-electron chi connectivity index (χ0n) is 45.8. The summed E-state index contributed by atoms with van der Waals surface area (Å²) in [4.78, 5) is 174. The van der Waals surface area contributed by atoms with Gasteiger partial charge < -0.3 is 85.8 Å². The smallest absolute Gasteiger partial charge is 0.326 e. The van der Waals surface area contributed by atoms with Gasteiger partial charge in [0, 0.05) is 35.7 Å². The molecule has 2 rings (SSSR count). The number of H-pyrrole nitrogens is 1. The Morgan fingerprint density at radius 2 is 1.01 bits per heavy atom. The summed E-state index contributed by atoms with van der Waals surface area (Å²) in [6.07, 6.45) is 0.107. The number of amides is 11. The number of nitrogens with one attached hydrogen (secondary N) is 9. The van der Waals surface area contributed by atoms with Gasteiger partial charge in [0.2, 0.25) is 65.0 Å². The standard InChI is InChI=1S/C49H75N13O16S4/c1-23(2)16-35(49(77)78)61-47(75)34(19-38(53)66)58-43(71)30(12-14-79-4)57-42(70)29(10-11-36(51)64)56-46(74)33(18-37(52)65)59-45(73)32(17-25-20-54-28-9-7-6-8-26(25)28)60-48(76)40(24(3)63)62-44(72)31(13-15-80-5)55-41(69)27(50)21-81-82-22-39(67)68/h6-9,20,23-24,27,29-35,40,54,63H,10-19,21-22,50H2,1-5H3,(H2,51,64)(H2,52,65)(H2,53,66)(H,55,69)(H,56,74)(H,57,70)(H,58,71)(H,59,73)(H,60,76)(H,61,75)(H,62,72)(H,67,68)(H,77,78)/t24-,27?,29+,30?,31+,32+,33?,34+,35?,40+/m1/s1. The molecule has 0 saturated carbocycles. The van der Waals surface area contributed by atoms with E-state index in [4.69, 9.17) is 28.0 Å². The lowest BCUT2D eigenvalue weighted by molar-refractivity contribution is -0.143. The van der Waals surface area contributed by atoms with Gasteiger partial charge in [0.25, 0.3) is 0 Å². The van der Waals surface area contributed by atoms with Crippen molar-refractivity contribution in [3.63, 3.8) is 0 Å². The molecule has 2 aromatic rings. The number of para-hydroxylation sites is 1. The van der Waals surface area contributed by atoms with Gasteiger partial charge in [-0.3, -0.25) is 57.5 Å². The van der Waals surface area contributed by atoms with Crippen molar-refractivity contribution in [2.45, 2.75) is 133 Å². The zero-order chi connectivity index (χ0) is 61.8. The van der Waals surface area contributed by atoms with Crippen LogP contribution in [0.15, 0.2) is 30.5 Å². The molecule has 10 atom stereocenters. The lowest BCUT2D eigenvalue weighted by atomic mass is 10.0. The van der Waals surface area contributed by atoms with E-state index in [9.17, 15) is 72.5 Å². The van der Waals surface area contributed by atoms with Crippen molar-refractivity contribution in [2.24, 2.45) is 28.9 Å². The number of nitrogens with two attached hydrogens (primary N) is 4. The molecule has 0 aliphatic carbocycles. The fraction of sp³-hybridized carbons (Fsp3) is 0.571. The van der Waals surface area contributed by atoms with E-state index in [1.807, 2.05) is 0 Å². The van der Waals surface area contributed by atoms with E-state index in [1.54, 1.807) is 50.6 Å². The number of thioether (sulfide) groups is 2. The second-order valence-corrected chi connectivity index (χ2v) is 23.6. The molecule has 0 radical (unpaired) electrons. The van der Waals surface area contributed by atoms with Crippen LogP contribution < -0.4 is 65.5 Å². The van der Waals surface area contributed by atoms with Crippen LogP contribution in [0, 0.1) is 5.92 Å². The molecule has 0 saturated heterocycles. The van der Waals surface area contributed by atoms with Crippen molar-refractivity contribution < 1.29 is 77.6 Å². The van der Waals surface area contributed by atoms with Gasteiger partial charge in [-0.1, -0.05) is 53.6 Å². The van der Waals surface area contributed by atoms with Gasteiger partial charge in [-0.15, -0.1) is 0 Å². The van der Waals surface area contributed by atoms with E-state index in [0.717, 1.165) is 21.6 Å². The van der Waals surface area contributed by atoms with Gasteiger partial charge in [-0.2, -0.15) is 23.5 Å². The average Bonchev–Trinajstić information content (AvgIpc) is 3.81. The number of aromatic nitrogens is 1. The Hall–Kier alpha value is -6.81. The molecule has 0 aliphatic rings. The maximum atomic E-state index is 14.5. The number of carboxylic acids is 2. The largest absolute Gasteiger partial charge is 0.481 e. The van der Waals surface area contributed by atoms with Gasteiger partial charge in [0.15, 0.2) is 0 Å². The van der Waals surface area contributed by atoms with Crippen LogP contribution in [-0.4, -0.2) is 193 Å². The Kier molecular flexibility index (Phi) is 31.8. The second kappa shape index (κ2) is 36.6. The first-order valence-electron chi connectivity index (χ1n) is 25.5. The normalized spacial score (nSPS) is 14.8. The van der Waals surface area contributed by atoms with E-state index >= 15 is 0 Å². The third kappa shape index (κ3) is 26.0. The Bertz CT molecular complexity index is 2580. The Labute approximate surface area is 488 Å². The summed E-state index contributed by atoms with van der Waals surface area (Å²) in [5.41, 5.74) is 23.4. The number of rotatable bonds is 40. The van der Waals surface area contributed by atoms with Crippen molar-refractivity contribution in [1.29, 1.82) is 0 Å². The first-order valence-corrected chi connectivity index (χ1v) is 30.8. The molecule has 0 bridgehead atoms. The number of aliphatic carboxylic acids is 2. The monoisotopic (exact) mass is 1230 g/mol. The molecular weight excluding hydrogens is 1150 g/mol. The number of carboxylic acid groups (broad SMARTS) is 2. The van der Waals surface area contributed by atoms with Gasteiger partial charge in [-0.05, 0) is 74.2 Å². The Balaban J connectivity index is 2.52. The highest BCUT2D eigenvalue weighted by molar-refractivity contribution is 8.76. The summed E-state index contributed by atoms with van der Waals surface area (Å²) in [6, 6.07) is -7.37. The molecule has 1 aromatic carbocycles. The van der Waals surface area contributed by atoms with Gasteiger partial charge >= 0.3 is 11.9 Å². The number of benzene rings is 1. The Morgan fingerprint density at radius 3 is 1.49 bits per heavy atom. The Morgan fingerprint density at radius 1 is 0.561 bits per heavy atom. The number of hydrogen-bond donors (Lipinski definition) is 16. The SMILES string of the molecule is CSCCC(NC(=O)[C@H](CCC(N)=O)NC(=O)C(CC(N)=O)NC(=O)[C@H](Cc1c[nH]c2ccccc12)NC(=O)[C@@H](NC(=O)[C@H](CCSC)NC(=O)C(N)CSSCC(=O)O)[C@@H](C)O)C(=O)N[C@@H](CC(N)=O)C(=O)NC(CC(C)C)C(=O)O. The summed E-state index contributed by atoms with van der Waals surface area (Å²) in [6.45, 7) is 4.58. The fourth-order valence-electron chi connectivity index (χ4n) is 7.66. The zero-order valence-corrected chi connectivity index (χ0v) is 49.1. The van der Waals surface area contributed by atoms with Gasteiger partial charge in [0.05, 0.1) is 25.0 Å². The number of hydrogen-bond acceptors (Lipinski definition) is 19. The molecule has 0 fully saturated rings. The second-order valence-electron chi connectivity index (χ2n) is 19.1. The van der Waals surface area contributed by atoms with Crippen LogP contribution in [0.4, 0.5) is 0 Å². The molecule has 0 spiro atoms. The predicted octanol–water partition coefficient (Wildman–Crippen LogP) is -3.58. The summed E-state index contributed by atoms with van der Waals surface area (Å²) in [7, 11) is 1.98. The molecule has 4 unspecified atom stereocenters. The minimum absolute atomic E-state index is 0.0105. The molecule has 0 aliphatic heterocycles. The summed E-state index contributed by atoms with van der Waals surface area (Å²) in [5.74, 6) is -13.9. The molecule has 1 heterocycles. The van der Waals surface area contributed by atoms with Crippen molar-refractivity contribution in [3.8, 4) is 0 Å². The molecule has 29 nitrogen and oxygen atoms in total. The number of primary amides is 3. The minimum atomic E-state index is -1.92. The number of fused-ring (bicyclic) bond motifs is 1. The molecule has 11 amide bonds. The molecule has 1 aromatic heterocycles. The van der Waals surface area contributed by atoms with E-state index in [-0.39, 0.29) is 48.9 Å². The minimum Gasteiger partial charge on any atom is -0.481 e. The van der Waals surface area contributed by atoms with Crippen LogP contribution in [0.1, 0.15) is 71.3 Å². The maximum absolute atomic E-state index is 14.5. The quantitative estimate of drug-likeness (QED) is 0.0227. The van der Waals surface area contributed by atoms with Crippen LogP contribution in [-0.2, 0) is 68.7 Å². The summed E-state index contributed by atoms with van der Waals surface area (Å²) >= 11 is 2.57. The lowest BCUT2D eigenvalue weighted by Gasteiger charge is -2.28. The van der Waals surface area contributed by atoms with E-state index in [2.05, 4.69) is 47.5 Å². The van der Waals surface area contributed by atoms with E-state index in [1.165, 1.54) is 36.6 Å². The summed E-state index contributed by atoms with van der Waals surface area (Å²) in [5, 5.41) is 49.3. The van der Waals surface area contributed by atoms with Crippen molar-refractivity contribution in [1.82, 2.24) is 47.5 Å². The molecular formula is C49H75N13O16S4. The lowest BCUT2D eigenvalue weighted by Crippen LogP contribution is -2.62. The predicted molar refractivity (Wildman–Crippen MR) is 309 cm³/mol. The molecule has 20 N–H and O–H groups in total. The van der Waals surface area contributed by atoms with Crippen molar-refractivity contribution >= 4 is 133 Å². The highest BCUT2D eigenvalue weighted by atomic mass is 33.1. The fourth-order valence-corrected chi connectivity index (χ4v) is 10.5. The number of aliphatic hydroxyl groups excluding tert-OH is 1. The number of carbonyl (C=O) groups is 13. The first kappa shape index (κ1) is 71.3. The van der Waals surface area contributed by atoms with Crippen LogP contribution in [0.3, 0.4) is 0 Å². The molecule has 456 valence electrons. The van der Waals surface area contributed by atoms with E-state index in [0.29, 0.717) is 22.2 Å². The van der Waals surface area contributed by atoms with Gasteiger partial charge in [0.1, 0.15) is 54.1 Å². The molecule has 33 heteroatoms. The number of carbonyl (C=O) groups excluding carboxylic acids is 11. The van der Waals surface area contributed by atoms with Crippen molar-refractivity contribution in [2.75, 3.05) is 35.5 Å². The highest BCUT2D eigenvalue weighted by Gasteiger charge is 2.37. The average molecular weight is 1230 g/mol. The maximum Gasteiger partial charge on any atom is 0.326 e. The topological polar surface area (TPSA) is 499 Å². The van der Waals surface area contributed by atoms with Crippen LogP contribution in [0.25, 0.3) is 10.9 Å². The van der Waals surface area contributed by atoms with Crippen LogP contribution in [0.2, 0.25) is 0 Å². The van der Waals surface area contributed by atoms with Gasteiger partial charge in [-0.25, -0.2) is 4.79 Å². The van der Waals surface area contributed by atoms with Crippen molar-refractivity contribution in [3.05, 3.63) is 36.0 Å². The summed E-state index contributed by atoms with van der Waals surface area (Å²) < 4.78 is 0. The number of aliphatic hydroxyl groups is 1. The highest BCUT2D eigenvalue weighted by Crippen LogP contribution is 2.22. The van der Waals surface area contributed by atoms with Crippen LogP contribution in [0.5, 0.6) is 0 Å². The first-order chi connectivity index (χ1) is 38.6. The van der Waals surface area contributed by atoms with E-state index < -0.39 is 163 Å². The third-order valence-corrected chi connectivity index (χ3v) is 15.4. The molecule has 82 heavy (non-hydrogen) atoms. The van der Waals surface area contributed by atoms with Crippen LogP contribution >= 0.6 is 45.1 Å². The number of aromatic amines is 1. The third-order valence-electron chi connectivity index (χ3n) is 11.8.